The van der Waals surface area contributed by atoms with Crippen molar-refractivity contribution < 1.29 is 9.53 Å². The molecule has 0 bridgehead atoms. The van der Waals surface area contributed by atoms with Crippen molar-refractivity contribution in [2.24, 2.45) is 0 Å². The minimum absolute atomic E-state index is 0.365. The molecule has 0 aliphatic rings. The van der Waals surface area contributed by atoms with Gasteiger partial charge in [-0.2, -0.15) is 5.10 Å². The molecule has 4 rings (SSSR count). The van der Waals surface area contributed by atoms with Gasteiger partial charge in [0.2, 0.25) is 0 Å². The maximum atomic E-state index is 12.7. The van der Waals surface area contributed by atoms with E-state index in [0.717, 1.165) is 22.4 Å². The first-order valence-corrected chi connectivity index (χ1v) is 11.3. The lowest BCUT2D eigenvalue weighted by Crippen LogP contribution is -2.30. The zero-order valence-corrected chi connectivity index (χ0v) is 19.5. The molecule has 3 aromatic carbocycles. The van der Waals surface area contributed by atoms with Crippen LogP contribution in [0.1, 0.15) is 11.1 Å². The van der Waals surface area contributed by atoms with Crippen LogP contribution in [0.3, 0.4) is 0 Å². The topological polar surface area (TPSA) is 94.2 Å². The first-order valence-electron chi connectivity index (χ1n) is 10.9. The molecule has 174 valence electrons. The van der Waals surface area contributed by atoms with Gasteiger partial charge in [-0.05, 0) is 35.7 Å². The monoisotopic (exact) mass is 475 g/mol. The van der Waals surface area contributed by atoms with Crippen LogP contribution < -0.4 is 21.1 Å². The molecule has 0 radical (unpaired) electrons. The molecule has 0 saturated heterocycles. The Kier molecular flexibility index (Phi) is 7.34. The Morgan fingerprint density at radius 1 is 1.03 bits per heavy atom. The van der Waals surface area contributed by atoms with Crippen LogP contribution in [0.25, 0.3) is 11.3 Å². The second-order valence-electron chi connectivity index (χ2n) is 7.70. The van der Waals surface area contributed by atoms with Crippen LogP contribution in [0.4, 0.5) is 16.3 Å². The lowest BCUT2D eigenvalue weighted by Gasteiger charge is -2.11. The standard InChI is InChI=1S/C26H26ClN5O2/c1-34-22-10-6-5-9-19(22)15-16-29-26(33)30-24-23(20-11-13-21(27)14-12-20)31-32(25(24)28)17-18-7-3-2-4-8-18/h2-14H,15-17,28H2,1H3,(H2,29,30,33). The van der Waals surface area contributed by atoms with Gasteiger partial charge in [0.25, 0.3) is 0 Å². The first-order chi connectivity index (χ1) is 16.5. The Morgan fingerprint density at radius 2 is 1.74 bits per heavy atom. The quantitative estimate of drug-likeness (QED) is 0.326. The molecule has 1 aromatic heterocycles. The number of hydrogen-bond donors (Lipinski definition) is 3. The molecule has 0 atom stereocenters. The van der Waals surface area contributed by atoms with Crippen molar-refractivity contribution in [1.82, 2.24) is 15.1 Å². The number of aromatic nitrogens is 2. The van der Waals surface area contributed by atoms with E-state index >= 15 is 0 Å². The number of amides is 2. The largest absolute Gasteiger partial charge is 0.496 e. The minimum Gasteiger partial charge on any atom is -0.496 e. The van der Waals surface area contributed by atoms with Crippen molar-refractivity contribution in [3.05, 3.63) is 95.0 Å². The first kappa shape index (κ1) is 23.2. The Morgan fingerprint density at radius 3 is 2.47 bits per heavy atom. The molecule has 0 saturated carbocycles. The summed E-state index contributed by atoms with van der Waals surface area (Å²) in [6, 6.07) is 24.5. The van der Waals surface area contributed by atoms with E-state index in [2.05, 4.69) is 10.6 Å². The highest BCUT2D eigenvalue weighted by Gasteiger charge is 2.19. The number of anilines is 2. The number of nitrogens with zero attached hydrogens (tertiary/aromatic N) is 2. The highest BCUT2D eigenvalue weighted by atomic mass is 35.5. The number of nitrogens with one attached hydrogen (secondary N) is 2. The highest BCUT2D eigenvalue weighted by molar-refractivity contribution is 6.30. The van der Waals surface area contributed by atoms with Crippen LogP contribution in [0.2, 0.25) is 5.02 Å². The van der Waals surface area contributed by atoms with Gasteiger partial charge in [-0.15, -0.1) is 0 Å². The van der Waals surface area contributed by atoms with Gasteiger partial charge < -0.3 is 21.1 Å². The number of nitrogens with two attached hydrogens (primary N) is 1. The summed E-state index contributed by atoms with van der Waals surface area (Å²) in [6.45, 7) is 0.908. The van der Waals surface area contributed by atoms with E-state index in [1.807, 2.05) is 66.7 Å². The number of urea groups is 1. The summed E-state index contributed by atoms with van der Waals surface area (Å²) in [5.74, 6) is 1.16. The van der Waals surface area contributed by atoms with E-state index in [-0.39, 0.29) is 6.03 Å². The van der Waals surface area contributed by atoms with E-state index in [4.69, 9.17) is 27.2 Å². The van der Waals surface area contributed by atoms with Crippen LogP contribution >= 0.6 is 11.6 Å². The summed E-state index contributed by atoms with van der Waals surface area (Å²) >= 11 is 6.06. The summed E-state index contributed by atoms with van der Waals surface area (Å²) in [7, 11) is 1.63. The molecule has 2 amide bonds. The van der Waals surface area contributed by atoms with E-state index in [0.29, 0.717) is 41.7 Å². The maximum absolute atomic E-state index is 12.7. The van der Waals surface area contributed by atoms with Crippen LogP contribution in [0.15, 0.2) is 78.9 Å². The number of rotatable bonds is 8. The third-order valence-electron chi connectivity index (χ3n) is 5.40. The molecule has 8 heteroatoms. The number of ether oxygens (including phenoxy) is 1. The van der Waals surface area contributed by atoms with Gasteiger partial charge in [-0.1, -0.05) is 72.3 Å². The average Bonchev–Trinajstić information content (AvgIpc) is 3.15. The summed E-state index contributed by atoms with van der Waals surface area (Å²) in [6.07, 6.45) is 0.629. The predicted molar refractivity (Wildman–Crippen MR) is 136 cm³/mol. The van der Waals surface area contributed by atoms with Crippen molar-refractivity contribution in [1.29, 1.82) is 0 Å². The molecule has 4 aromatic rings. The number of benzene rings is 3. The molecule has 34 heavy (non-hydrogen) atoms. The molecule has 4 N–H and O–H groups in total. The Bertz CT molecular complexity index is 1260. The fourth-order valence-electron chi connectivity index (χ4n) is 3.66. The van der Waals surface area contributed by atoms with Crippen LogP contribution in [-0.4, -0.2) is 29.5 Å². The van der Waals surface area contributed by atoms with Gasteiger partial charge in [0.1, 0.15) is 22.9 Å². The molecule has 0 unspecified atom stereocenters. The third kappa shape index (κ3) is 5.50. The van der Waals surface area contributed by atoms with Crippen LogP contribution in [0, 0.1) is 0 Å². The molecular formula is C26H26ClN5O2. The fraction of sp³-hybridized carbons (Fsp3) is 0.154. The van der Waals surface area contributed by atoms with Crippen LogP contribution in [-0.2, 0) is 13.0 Å². The van der Waals surface area contributed by atoms with Crippen molar-refractivity contribution in [3.8, 4) is 17.0 Å². The van der Waals surface area contributed by atoms with E-state index in [1.165, 1.54) is 0 Å². The number of carbonyl (C=O) groups excluding carboxylic acids is 1. The smallest absolute Gasteiger partial charge is 0.319 e. The van der Waals surface area contributed by atoms with Gasteiger partial charge in [0.15, 0.2) is 0 Å². The number of carbonyl (C=O) groups is 1. The van der Waals surface area contributed by atoms with E-state index in [9.17, 15) is 4.79 Å². The number of hydrogen-bond acceptors (Lipinski definition) is 4. The number of methoxy groups -OCH3 is 1. The molecule has 0 aliphatic carbocycles. The normalized spacial score (nSPS) is 10.6. The van der Waals surface area contributed by atoms with Gasteiger partial charge in [-0.25, -0.2) is 9.48 Å². The molecule has 0 spiro atoms. The summed E-state index contributed by atoms with van der Waals surface area (Å²) in [4.78, 5) is 12.7. The molecule has 0 fully saturated rings. The summed E-state index contributed by atoms with van der Waals surface area (Å²) < 4.78 is 7.06. The Hall–Kier alpha value is -3.97. The van der Waals surface area contributed by atoms with E-state index in [1.54, 1.807) is 23.9 Å². The highest BCUT2D eigenvalue weighted by Crippen LogP contribution is 2.33. The molecule has 7 nitrogen and oxygen atoms in total. The Balaban J connectivity index is 1.53. The van der Waals surface area contributed by atoms with Crippen LogP contribution in [0.5, 0.6) is 5.75 Å². The van der Waals surface area contributed by atoms with Crippen molar-refractivity contribution in [2.75, 3.05) is 24.7 Å². The van der Waals surface area contributed by atoms with Gasteiger partial charge in [0, 0.05) is 17.1 Å². The van der Waals surface area contributed by atoms with E-state index < -0.39 is 0 Å². The van der Waals surface area contributed by atoms with Gasteiger partial charge >= 0.3 is 6.03 Å². The number of para-hydroxylation sites is 1. The minimum atomic E-state index is -0.365. The summed E-state index contributed by atoms with van der Waals surface area (Å²) in [5.41, 5.74) is 10.3. The SMILES string of the molecule is COc1ccccc1CCNC(=O)Nc1c(-c2ccc(Cl)cc2)nn(Cc2ccccc2)c1N. The number of nitrogen functional groups attached to an aromatic ring is 1. The van der Waals surface area contributed by atoms with Gasteiger partial charge in [-0.3, -0.25) is 0 Å². The summed E-state index contributed by atoms with van der Waals surface area (Å²) in [5, 5.41) is 11.1. The van der Waals surface area contributed by atoms with Crippen molar-refractivity contribution in [2.45, 2.75) is 13.0 Å². The molecule has 0 aliphatic heterocycles. The average molecular weight is 476 g/mol. The lowest BCUT2D eigenvalue weighted by atomic mass is 10.1. The molecular weight excluding hydrogens is 450 g/mol. The second-order valence-corrected chi connectivity index (χ2v) is 8.14. The Labute approximate surface area is 203 Å². The fourth-order valence-corrected chi connectivity index (χ4v) is 3.79. The second kappa shape index (κ2) is 10.8. The zero-order valence-electron chi connectivity index (χ0n) is 18.8. The maximum Gasteiger partial charge on any atom is 0.319 e. The zero-order chi connectivity index (χ0) is 23.9. The van der Waals surface area contributed by atoms with Gasteiger partial charge in [0.05, 0.1) is 13.7 Å². The predicted octanol–water partition coefficient (Wildman–Crippen LogP) is 5.21. The molecule has 1 heterocycles. The van der Waals surface area contributed by atoms with Crippen molar-refractivity contribution >= 4 is 29.1 Å². The third-order valence-corrected chi connectivity index (χ3v) is 5.65. The lowest BCUT2D eigenvalue weighted by molar-refractivity contribution is 0.252. The number of halogens is 1. The van der Waals surface area contributed by atoms with Crippen molar-refractivity contribution in [3.63, 3.8) is 0 Å².